The van der Waals surface area contributed by atoms with Crippen LogP contribution in [0.4, 0.5) is 4.39 Å². The number of benzene rings is 1. The Balaban J connectivity index is 2.47. The smallest absolute Gasteiger partial charge is 0.198 e. The third-order valence-electron chi connectivity index (χ3n) is 2.46. The van der Waals surface area contributed by atoms with Crippen LogP contribution in [0.1, 0.15) is 27.4 Å². The van der Waals surface area contributed by atoms with Crippen molar-refractivity contribution >= 4 is 17.4 Å². The normalized spacial score (nSPS) is 10.6. The Hall–Kier alpha value is -1.61. The second-order valence-electron chi connectivity index (χ2n) is 3.78. The first kappa shape index (κ1) is 11.9. The van der Waals surface area contributed by atoms with Gasteiger partial charge in [-0.05, 0) is 38.1 Å². The molecule has 0 aliphatic heterocycles. The maximum atomic E-state index is 12.9. The summed E-state index contributed by atoms with van der Waals surface area (Å²) in [6.07, 6.45) is 0. The van der Waals surface area contributed by atoms with Gasteiger partial charge in [0.25, 0.3) is 0 Å². The van der Waals surface area contributed by atoms with E-state index in [0.29, 0.717) is 17.1 Å². The summed E-state index contributed by atoms with van der Waals surface area (Å²) in [5.74, 6) is 0.466. The maximum absolute atomic E-state index is 12.9. The summed E-state index contributed by atoms with van der Waals surface area (Å²) in [7, 11) is 0. The molecule has 0 unspecified atom stereocenters. The molecule has 0 amide bonds. The number of carbonyl (C=O) groups is 1. The molecule has 0 spiro atoms. The highest BCUT2D eigenvalue weighted by Crippen LogP contribution is 2.23. The molecule has 2 nitrogen and oxygen atoms in total. The average Bonchev–Trinajstić information content (AvgIpc) is 2.57. The van der Waals surface area contributed by atoms with E-state index < -0.39 is 5.82 Å². The van der Waals surface area contributed by atoms with Crippen molar-refractivity contribution in [2.24, 2.45) is 0 Å². The van der Waals surface area contributed by atoms with Crippen LogP contribution in [0.3, 0.4) is 0 Å². The van der Waals surface area contributed by atoms with Crippen molar-refractivity contribution in [3.8, 4) is 0 Å². The van der Waals surface area contributed by atoms with Crippen LogP contribution in [0.2, 0.25) is 5.02 Å². The first-order chi connectivity index (χ1) is 7.99. The predicted molar refractivity (Wildman–Crippen MR) is 63.0 cm³/mol. The molecule has 0 saturated heterocycles. The number of halogens is 2. The lowest BCUT2D eigenvalue weighted by molar-refractivity contribution is 0.103. The molecule has 2 rings (SSSR count). The molecule has 0 aliphatic carbocycles. The molecule has 1 aromatic heterocycles. The van der Waals surface area contributed by atoms with Gasteiger partial charge in [-0.2, -0.15) is 0 Å². The van der Waals surface area contributed by atoms with Gasteiger partial charge in [-0.25, -0.2) is 4.39 Å². The molecule has 0 atom stereocenters. The summed E-state index contributed by atoms with van der Waals surface area (Å²) >= 11 is 5.84. The minimum absolute atomic E-state index is 0.105. The first-order valence-corrected chi connectivity index (χ1v) is 5.43. The van der Waals surface area contributed by atoms with E-state index in [0.717, 1.165) is 6.07 Å². The van der Waals surface area contributed by atoms with E-state index in [-0.39, 0.29) is 16.4 Å². The number of carbonyl (C=O) groups excluding carboxylic acids is 1. The largest absolute Gasteiger partial charge is 0.466 e. The average molecular weight is 253 g/mol. The topological polar surface area (TPSA) is 30.2 Å². The van der Waals surface area contributed by atoms with E-state index in [1.165, 1.54) is 12.1 Å². The molecule has 2 aromatic rings. The van der Waals surface area contributed by atoms with Gasteiger partial charge in [-0.3, -0.25) is 4.79 Å². The summed E-state index contributed by atoms with van der Waals surface area (Å²) in [5, 5.41) is 0.105. The Morgan fingerprint density at radius 3 is 2.47 bits per heavy atom. The lowest BCUT2D eigenvalue weighted by atomic mass is 10.0. The third kappa shape index (κ3) is 2.24. The third-order valence-corrected chi connectivity index (χ3v) is 2.77. The van der Waals surface area contributed by atoms with Gasteiger partial charge in [0.05, 0.1) is 10.6 Å². The van der Waals surface area contributed by atoms with Gasteiger partial charge >= 0.3 is 0 Å². The fraction of sp³-hybridized carbons (Fsp3) is 0.154. The number of rotatable bonds is 2. The Bertz CT molecular complexity index is 587. The number of hydrogen-bond donors (Lipinski definition) is 0. The summed E-state index contributed by atoms with van der Waals surface area (Å²) in [5.41, 5.74) is 0.730. The lowest BCUT2D eigenvalue weighted by Crippen LogP contribution is -2.02. The van der Waals surface area contributed by atoms with Crippen LogP contribution >= 0.6 is 11.6 Å². The zero-order valence-electron chi connectivity index (χ0n) is 9.38. The van der Waals surface area contributed by atoms with E-state index in [1.807, 2.05) is 0 Å². The van der Waals surface area contributed by atoms with Gasteiger partial charge in [0.2, 0.25) is 0 Å². The van der Waals surface area contributed by atoms with Gasteiger partial charge in [-0.15, -0.1) is 0 Å². The lowest BCUT2D eigenvalue weighted by Gasteiger charge is -2.02. The van der Waals surface area contributed by atoms with Crippen molar-refractivity contribution in [1.29, 1.82) is 0 Å². The van der Waals surface area contributed by atoms with Gasteiger partial charge < -0.3 is 4.42 Å². The van der Waals surface area contributed by atoms with Gasteiger partial charge in [-0.1, -0.05) is 11.6 Å². The van der Waals surface area contributed by atoms with Crippen molar-refractivity contribution < 1.29 is 13.6 Å². The molecule has 1 aromatic carbocycles. The molecule has 0 fully saturated rings. The Labute approximate surface area is 103 Å². The molecule has 1 heterocycles. The molecule has 0 N–H and O–H groups in total. The van der Waals surface area contributed by atoms with E-state index >= 15 is 0 Å². The Morgan fingerprint density at radius 1 is 1.24 bits per heavy atom. The number of aryl methyl sites for hydroxylation is 2. The predicted octanol–water partition coefficient (Wildman–Crippen LogP) is 3.92. The number of hydrogen-bond acceptors (Lipinski definition) is 2. The van der Waals surface area contributed by atoms with E-state index in [2.05, 4.69) is 0 Å². The van der Waals surface area contributed by atoms with Gasteiger partial charge in [0, 0.05) is 5.56 Å². The van der Waals surface area contributed by atoms with E-state index in [9.17, 15) is 9.18 Å². The molecule has 0 radical (unpaired) electrons. The highest BCUT2D eigenvalue weighted by Gasteiger charge is 2.18. The number of furan rings is 1. The van der Waals surface area contributed by atoms with Gasteiger partial charge in [0.1, 0.15) is 17.3 Å². The minimum atomic E-state index is -0.466. The molecule has 17 heavy (non-hydrogen) atoms. The van der Waals surface area contributed by atoms with Crippen LogP contribution in [0.25, 0.3) is 0 Å². The maximum Gasteiger partial charge on any atom is 0.198 e. The summed E-state index contributed by atoms with van der Waals surface area (Å²) in [4.78, 5) is 12.1. The van der Waals surface area contributed by atoms with Crippen molar-refractivity contribution in [3.63, 3.8) is 0 Å². The van der Waals surface area contributed by atoms with Crippen LogP contribution in [0, 0.1) is 19.7 Å². The molecule has 0 aliphatic rings. The van der Waals surface area contributed by atoms with Crippen molar-refractivity contribution in [2.45, 2.75) is 13.8 Å². The second kappa shape index (κ2) is 4.34. The molecule has 0 bridgehead atoms. The molecular weight excluding hydrogens is 243 g/mol. The SMILES string of the molecule is Cc1cc(C(=O)c2ccc(F)cc2Cl)c(C)o1. The zero-order valence-corrected chi connectivity index (χ0v) is 10.1. The van der Waals surface area contributed by atoms with Crippen molar-refractivity contribution in [1.82, 2.24) is 0 Å². The van der Waals surface area contributed by atoms with Gasteiger partial charge in [0.15, 0.2) is 5.78 Å². The molecular formula is C13H10ClFO2. The minimum Gasteiger partial charge on any atom is -0.466 e. The van der Waals surface area contributed by atoms with E-state index in [4.69, 9.17) is 16.0 Å². The molecule has 88 valence electrons. The first-order valence-electron chi connectivity index (χ1n) is 5.06. The van der Waals surface area contributed by atoms with Crippen LogP contribution in [0.5, 0.6) is 0 Å². The highest BCUT2D eigenvalue weighted by molar-refractivity contribution is 6.35. The fourth-order valence-electron chi connectivity index (χ4n) is 1.67. The Morgan fingerprint density at radius 2 is 1.94 bits per heavy atom. The van der Waals surface area contributed by atoms with Crippen LogP contribution in [-0.2, 0) is 0 Å². The quantitative estimate of drug-likeness (QED) is 0.759. The standard InChI is InChI=1S/C13H10ClFO2/c1-7-5-11(8(2)17-7)13(16)10-4-3-9(15)6-12(10)14/h3-6H,1-2H3. The monoisotopic (exact) mass is 252 g/mol. The summed E-state index contributed by atoms with van der Waals surface area (Å²) in [6, 6.07) is 5.36. The second-order valence-corrected chi connectivity index (χ2v) is 4.19. The van der Waals surface area contributed by atoms with Crippen molar-refractivity contribution in [2.75, 3.05) is 0 Å². The number of ketones is 1. The van der Waals surface area contributed by atoms with Crippen LogP contribution in [-0.4, -0.2) is 5.78 Å². The zero-order chi connectivity index (χ0) is 12.6. The van der Waals surface area contributed by atoms with Crippen molar-refractivity contribution in [3.05, 3.63) is 57.8 Å². The van der Waals surface area contributed by atoms with Crippen LogP contribution < -0.4 is 0 Å². The molecule has 0 saturated carbocycles. The van der Waals surface area contributed by atoms with E-state index in [1.54, 1.807) is 19.9 Å². The summed E-state index contributed by atoms with van der Waals surface area (Å²) in [6.45, 7) is 3.47. The molecule has 4 heteroatoms. The fourth-order valence-corrected chi connectivity index (χ4v) is 1.93. The van der Waals surface area contributed by atoms with Crippen LogP contribution in [0.15, 0.2) is 28.7 Å². The highest BCUT2D eigenvalue weighted by atomic mass is 35.5. The Kier molecular flexibility index (Phi) is 3.03. The summed E-state index contributed by atoms with van der Waals surface area (Å²) < 4.78 is 18.2.